The summed E-state index contributed by atoms with van der Waals surface area (Å²) in [5, 5.41) is 16.3. The van der Waals surface area contributed by atoms with Gasteiger partial charge in [-0.25, -0.2) is 0 Å². The van der Waals surface area contributed by atoms with Crippen LogP contribution in [0.5, 0.6) is 5.75 Å². The molecule has 136 valence electrons. The quantitative estimate of drug-likeness (QED) is 0.459. The number of hydrogen-bond acceptors (Lipinski definition) is 4. The number of rotatable bonds is 6. The lowest BCUT2D eigenvalue weighted by molar-refractivity contribution is -0.124. The topological polar surface area (TPSA) is 66.8 Å². The first kappa shape index (κ1) is 24.2. The van der Waals surface area contributed by atoms with Crippen molar-refractivity contribution in [2.24, 2.45) is 0 Å². The van der Waals surface area contributed by atoms with E-state index < -0.39 is 5.60 Å². The summed E-state index contributed by atoms with van der Waals surface area (Å²) in [6.45, 7) is 11.6. The monoisotopic (exact) mass is 336 g/mol. The van der Waals surface area contributed by atoms with Gasteiger partial charge in [0.1, 0.15) is 5.75 Å². The van der Waals surface area contributed by atoms with Gasteiger partial charge in [-0.3, -0.25) is 4.79 Å². The molecule has 0 heterocycles. The average Bonchev–Trinajstić information content (AvgIpc) is 2.59. The third-order valence-electron chi connectivity index (χ3n) is 2.79. The summed E-state index contributed by atoms with van der Waals surface area (Å²) in [5.41, 5.74) is 1.19. The summed E-state index contributed by atoms with van der Waals surface area (Å²) in [6, 6.07) is 6.78. The summed E-state index contributed by atoms with van der Waals surface area (Å²) in [6.07, 6.45) is 5.07. The van der Waals surface area contributed by atoms with Gasteiger partial charge in [0, 0.05) is 13.5 Å². The standard InChI is InChI=1S/C17H22O3.C2H6.CH4O/c1-13(2)5-6-14(3)20-17(4,12-18)11-15-7-9-16(19)10-8-15;2*1-2/h5-10,12,19H,11H2,1-4H3;1-2H3;2H,1H3/b14-6+;;/t17-;;/m0../s1. The zero-order valence-corrected chi connectivity index (χ0v) is 16.0. The molecule has 0 saturated carbocycles. The summed E-state index contributed by atoms with van der Waals surface area (Å²) in [7, 11) is 1.00. The molecule has 24 heavy (non-hydrogen) atoms. The molecule has 1 aromatic rings. The number of aliphatic hydroxyl groups is 1. The van der Waals surface area contributed by atoms with E-state index in [0.29, 0.717) is 12.2 Å². The van der Waals surface area contributed by atoms with Gasteiger partial charge in [-0.05, 0) is 51.5 Å². The van der Waals surface area contributed by atoms with E-state index in [9.17, 15) is 9.90 Å². The van der Waals surface area contributed by atoms with Gasteiger partial charge in [-0.2, -0.15) is 0 Å². The normalized spacial score (nSPS) is 12.4. The van der Waals surface area contributed by atoms with Gasteiger partial charge < -0.3 is 14.9 Å². The van der Waals surface area contributed by atoms with E-state index in [1.165, 1.54) is 5.57 Å². The van der Waals surface area contributed by atoms with Crippen LogP contribution in [0.1, 0.15) is 47.1 Å². The van der Waals surface area contributed by atoms with E-state index >= 15 is 0 Å². The second kappa shape index (κ2) is 13.4. The number of hydrogen-bond donors (Lipinski definition) is 2. The molecule has 0 aliphatic carbocycles. The largest absolute Gasteiger partial charge is 0.508 e. The van der Waals surface area contributed by atoms with Crippen molar-refractivity contribution < 1.29 is 19.7 Å². The molecule has 1 atom stereocenters. The predicted octanol–water partition coefficient (Wildman–Crippen LogP) is 4.41. The number of carbonyl (C=O) groups is 1. The van der Waals surface area contributed by atoms with Crippen LogP contribution >= 0.6 is 0 Å². The maximum Gasteiger partial charge on any atom is 0.164 e. The van der Waals surface area contributed by atoms with Crippen molar-refractivity contribution in [3.63, 3.8) is 0 Å². The molecule has 1 rings (SSSR count). The van der Waals surface area contributed by atoms with Crippen LogP contribution in [-0.2, 0) is 16.0 Å². The van der Waals surface area contributed by atoms with E-state index in [2.05, 4.69) is 0 Å². The zero-order chi connectivity index (χ0) is 19.2. The zero-order valence-electron chi connectivity index (χ0n) is 16.0. The second-order valence-corrected chi connectivity index (χ2v) is 5.40. The van der Waals surface area contributed by atoms with Crippen LogP contribution in [0.15, 0.2) is 47.7 Å². The Kier molecular flexibility index (Phi) is 13.5. The molecule has 0 saturated heterocycles. The number of ether oxygens (including phenoxy) is 1. The molecule has 0 bridgehead atoms. The van der Waals surface area contributed by atoms with Gasteiger partial charge >= 0.3 is 0 Å². The Morgan fingerprint density at radius 2 is 1.58 bits per heavy atom. The van der Waals surface area contributed by atoms with Crippen molar-refractivity contribution in [3.8, 4) is 5.75 Å². The summed E-state index contributed by atoms with van der Waals surface area (Å²) >= 11 is 0. The second-order valence-electron chi connectivity index (χ2n) is 5.40. The van der Waals surface area contributed by atoms with Gasteiger partial charge in [0.25, 0.3) is 0 Å². The van der Waals surface area contributed by atoms with Gasteiger partial charge in [0.05, 0.1) is 5.76 Å². The molecule has 4 nitrogen and oxygen atoms in total. The molecular formula is C20H32O4. The first-order valence-electron chi connectivity index (χ1n) is 8.04. The average molecular weight is 336 g/mol. The molecule has 0 aliphatic heterocycles. The lowest BCUT2D eigenvalue weighted by atomic mass is 9.97. The fourth-order valence-electron chi connectivity index (χ4n) is 1.81. The third-order valence-corrected chi connectivity index (χ3v) is 2.79. The summed E-state index contributed by atoms with van der Waals surface area (Å²) < 4.78 is 5.76. The molecule has 0 amide bonds. The van der Waals surface area contributed by atoms with Crippen LogP contribution in [0.3, 0.4) is 0 Å². The number of phenolic OH excluding ortho intramolecular Hbond substituents is 1. The van der Waals surface area contributed by atoms with Crippen molar-refractivity contribution in [1.82, 2.24) is 0 Å². The van der Waals surface area contributed by atoms with Crippen molar-refractivity contribution in [2.45, 2.75) is 53.6 Å². The molecule has 0 spiro atoms. The van der Waals surface area contributed by atoms with Crippen LogP contribution in [0, 0.1) is 0 Å². The highest BCUT2D eigenvalue weighted by Crippen LogP contribution is 2.20. The summed E-state index contributed by atoms with van der Waals surface area (Å²) in [4.78, 5) is 11.4. The van der Waals surface area contributed by atoms with Gasteiger partial charge in [0.2, 0.25) is 0 Å². The minimum Gasteiger partial charge on any atom is -0.508 e. The Morgan fingerprint density at radius 3 is 2.00 bits per heavy atom. The highest BCUT2D eigenvalue weighted by molar-refractivity contribution is 5.63. The fraction of sp³-hybridized carbons (Fsp3) is 0.450. The van der Waals surface area contributed by atoms with Crippen molar-refractivity contribution in [2.75, 3.05) is 7.11 Å². The molecule has 2 N–H and O–H groups in total. The van der Waals surface area contributed by atoms with E-state index in [1.54, 1.807) is 31.2 Å². The Labute approximate surface area is 146 Å². The van der Waals surface area contributed by atoms with E-state index in [0.717, 1.165) is 19.0 Å². The number of carbonyl (C=O) groups excluding carboxylic acids is 1. The Hall–Kier alpha value is -2.07. The van der Waals surface area contributed by atoms with Crippen LogP contribution in [0.4, 0.5) is 0 Å². The highest BCUT2D eigenvalue weighted by Gasteiger charge is 2.26. The van der Waals surface area contributed by atoms with Crippen LogP contribution < -0.4 is 0 Å². The number of phenols is 1. The molecule has 0 radical (unpaired) electrons. The lowest BCUT2D eigenvalue weighted by Gasteiger charge is -2.25. The maximum absolute atomic E-state index is 11.4. The minimum absolute atomic E-state index is 0.210. The molecular weight excluding hydrogens is 304 g/mol. The molecule has 0 aliphatic rings. The Bertz CT molecular complexity index is 511. The number of allylic oxidation sites excluding steroid dienone is 4. The highest BCUT2D eigenvalue weighted by atomic mass is 16.5. The molecule has 1 aromatic carbocycles. The smallest absolute Gasteiger partial charge is 0.164 e. The molecule has 0 fully saturated rings. The number of benzene rings is 1. The number of aldehydes is 1. The number of aromatic hydroxyl groups is 1. The predicted molar refractivity (Wildman–Crippen MR) is 100 cm³/mol. The van der Waals surface area contributed by atoms with Gasteiger partial charge in [-0.1, -0.05) is 37.6 Å². The van der Waals surface area contributed by atoms with E-state index in [-0.39, 0.29) is 5.75 Å². The Morgan fingerprint density at radius 1 is 1.08 bits per heavy atom. The molecule has 4 heteroatoms. The van der Waals surface area contributed by atoms with Crippen molar-refractivity contribution in [3.05, 3.63) is 53.3 Å². The van der Waals surface area contributed by atoms with Gasteiger partial charge in [0.15, 0.2) is 11.9 Å². The minimum atomic E-state index is -0.910. The molecule has 0 unspecified atom stereocenters. The number of aliphatic hydroxyl groups excluding tert-OH is 1. The first-order valence-corrected chi connectivity index (χ1v) is 8.04. The van der Waals surface area contributed by atoms with Crippen molar-refractivity contribution >= 4 is 6.29 Å². The summed E-state index contributed by atoms with van der Waals surface area (Å²) in [5.74, 6) is 0.904. The van der Waals surface area contributed by atoms with Crippen molar-refractivity contribution in [1.29, 1.82) is 0 Å². The maximum atomic E-state index is 11.4. The lowest BCUT2D eigenvalue weighted by Crippen LogP contribution is -2.32. The van der Waals surface area contributed by atoms with Crippen LogP contribution in [0.25, 0.3) is 0 Å². The van der Waals surface area contributed by atoms with E-state index in [1.807, 2.05) is 46.8 Å². The fourth-order valence-corrected chi connectivity index (χ4v) is 1.81. The van der Waals surface area contributed by atoms with Crippen LogP contribution in [0.2, 0.25) is 0 Å². The third kappa shape index (κ3) is 10.6. The Balaban J connectivity index is 0. The van der Waals surface area contributed by atoms with Crippen LogP contribution in [-0.4, -0.2) is 29.2 Å². The first-order chi connectivity index (χ1) is 11.3. The SMILES string of the molecule is CC.CC(C)=C/C=C(\C)O[C@](C)(C=O)Cc1ccc(O)cc1.CO. The van der Waals surface area contributed by atoms with Gasteiger partial charge in [-0.15, -0.1) is 0 Å². The molecule has 0 aromatic heterocycles. The van der Waals surface area contributed by atoms with E-state index in [4.69, 9.17) is 9.84 Å².